The molecule has 0 unspecified atom stereocenters. The molecule has 4 aromatic rings. The minimum atomic E-state index is -0.187. The number of para-hydroxylation sites is 1. The van der Waals surface area contributed by atoms with Gasteiger partial charge >= 0.3 is 0 Å². The predicted octanol–water partition coefficient (Wildman–Crippen LogP) is 3.10. The number of benzene rings is 2. The summed E-state index contributed by atoms with van der Waals surface area (Å²) >= 11 is 0. The smallest absolute Gasteiger partial charge is 0.248 e. The van der Waals surface area contributed by atoms with Crippen molar-refractivity contribution in [1.29, 1.82) is 0 Å². The molecule has 0 atom stereocenters. The first-order chi connectivity index (χ1) is 11.7. The fourth-order valence-corrected chi connectivity index (χ4v) is 2.74. The first-order valence-corrected chi connectivity index (χ1v) is 7.54. The lowest BCUT2D eigenvalue weighted by atomic mass is 10.1. The molecular formula is C18H15N5O. The summed E-state index contributed by atoms with van der Waals surface area (Å²) < 4.78 is 1.75. The fraction of sp³-hybridized carbons (Fsp3) is 0.0556. The van der Waals surface area contributed by atoms with Gasteiger partial charge in [-0.25, -0.2) is 0 Å². The molecule has 0 bridgehead atoms. The van der Waals surface area contributed by atoms with Gasteiger partial charge in [0.05, 0.1) is 29.1 Å². The second kappa shape index (κ2) is 5.66. The van der Waals surface area contributed by atoms with E-state index in [4.69, 9.17) is 0 Å². The van der Waals surface area contributed by atoms with E-state index in [1.165, 1.54) is 6.08 Å². The highest BCUT2D eigenvalue weighted by atomic mass is 16.1. The lowest BCUT2D eigenvalue weighted by molar-refractivity contribution is -0.111. The molecular weight excluding hydrogens is 302 g/mol. The third-order valence-corrected chi connectivity index (χ3v) is 3.91. The third-order valence-electron chi connectivity index (χ3n) is 3.91. The van der Waals surface area contributed by atoms with Gasteiger partial charge in [-0.2, -0.15) is 10.2 Å². The average Bonchev–Trinajstić information content (AvgIpc) is 3.20. The molecule has 0 spiro atoms. The van der Waals surface area contributed by atoms with E-state index >= 15 is 0 Å². The summed E-state index contributed by atoms with van der Waals surface area (Å²) in [7, 11) is 1.85. The molecule has 2 N–H and O–H groups in total. The number of rotatable bonds is 3. The monoisotopic (exact) mass is 317 g/mol. The van der Waals surface area contributed by atoms with Crippen LogP contribution < -0.4 is 5.32 Å². The molecule has 0 saturated heterocycles. The highest BCUT2D eigenvalue weighted by Gasteiger charge is 2.07. The summed E-state index contributed by atoms with van der Waals surface area (Å²) in [6.07, 6.45) is 6.84. The second-order valence-corrected chi connectivity index (χ2v) is 5.55. The standard InChI is InChI=1S/C18H15N5O/c1-23-18-14(11-20-23)3-2-4-15(18)21-17(24)8-6-12-5-7-13-10-19-22-16(13)9-12/h2-11H,1H3,(H,19,22)(H,21,24)/b8-6+. The molecule has 0 aliphatic heterocycles. The van der Waals surface area contributed by atoms with Crippen LogP contribution in [0.2, 0.25) is 0 Å². The number of hydrogen-bond donors (Lipinski definition) is 2. The van der Waals surface area contributed by atoms with Gasteiger partial charge in [-0.15, -0.1) is 0 Å². The summed E-state index contributed by atoms with van der Waals surface area (Å²) in [5.74, 6) is -0.187. The number of amides is 1. The molecule has 2 aromatic heterocycles. The number of carbonyl (C=O) groups excluding carboxylic acids is 1. The Labute approximate surface area is 137 Å². The van der Waals surface area contributed by atoms with Crippen LogP contribution in [0.15, 0.2) is 54.9 Å². The number of nitrogens with zero attached hydrogens (tertiary/aromatic N) is 3. The van der Waals surface area contributed by atoms with Crippen LogP contribution in [0.4, 0.5) is 5.69 Å². The van der Waals surface area contributed by atoms with Crippen molar-refractivity contribution in [2.75, 3.05) is 5.32 Å². The number of aromatic nitrogens is 4. The van der Waals surface area contributed by atoms with Crippen molar-refractivity contribution < 1.29 is 4.79 Å². The van der Waals surface area contributed by atoms with Crippen LogP contribution in [0.1, 0.15) is 5.56 Å². The predicted molar refractivity (Wildman–Crippen MR) is 94.5 cm³/mol. The summed E-state index contributed by atoms with van der Waals surface area (Å²) in [5.41, 5.74) is 3.52. The second-order valence-electron chi connectivity index (χ2n) is 5.55. The van der Waals surface area contributed by atoms with Gasteiger partial charge < -0.3 is 5.32 Å². The maximum atomic E-state index is 12.2. The largest absolute Gasteiger partial charge is 0.321 e. The number of carbonyl (C=O) groups is 1. The van der Waals surface area contributed by atoms with Crippen LogP contribution in [0.5, 0.6) is 0 Å². The molecule has 0 fully saturated rings. The third kappa shape index (κ3) is 2.54. The topological polar surface area (TPSA) is 75.6 Å². The zero-order chi connectivity index (χ0) is 16.5. The molecule has 2 aromatic carbocycles. The molecule has 0 saturated carbocycles. The van der Waals surface area contributed by atoms with Gasteiger partial charge in [-0.05, 0) is 23.8 Å². The number of nitrogens with one attached hydrogen (secondary N) is 2. The van der Waals surface area contributed by atoms with Crippen molar-refractivity contribution in [3.63, 3.8) is 0 Å². The van der Waals surface area contributed by atoms with Crippen LogP contribution in [0, 0.1) is 0 Å². The van der Waals surface area contributed by atoms with E-state index in [0.717, 1.165) is 33.1 Å². The molecule has 24 heavy (non-hydrogen) atoms. The molecule has 1 amide bonds. The maximum absolute atomic E-state index is 12.2. The van der Waals surface area contributed by atoms with E-state index in [-0.39, 0.29) is 5.91 Å². The number of aryl methyl sites for hydroxylation is 1. The zero-order valence-corrected chi connectivity index (χ0v) is 13.0. The van der Waals surface area contributed by atoms with Crippen LogP contribution in [0.25, 0.3) is 27.9 Å². The highest BCUT2D eigenvalue weighted by Crippen LogP contribution is 2.22. The molecule has 0 radical (unpaired) electrons. The number of fused-ring (bicyclic) bond motifs is 2. The molecule has 2 heterocycles. The lowest BCUT2D eigenvalue weighted by Crippen LogP contribution is -2.09. The van der Waals surface area contributed by atoms with Crippen molar-refractivity contribution in [2.45, 2.75) is 0 Å². The molecule has 6 nitrogen and oxygen atoms in total. The Bertz CT molecular complexity index is 1070. The molecule has 0 aliphatic carbocycles. The van der Waals surface area contributed by atoms with Gasteiger partial charge in [0.1, 0.15) is 0 Å². The lowest BCUT2D eigenvalue weighted by Gasteiger charge is -2.05. The van der Waals surface area contributed by atoms with Gasteiger partial charge in [0.2, 0.25) is 5.91 Å². The molecule has 0 aliphatic rings. The summed E-state index contributed by atoms with van der Waals surface area (Å²) in [6.45, 7) is 0. The number of H-pyrrole nitrogens is 1. The Morgan fingerprint density at radius 1 is 1.21 bits per heavy atom. The fourth-order valence-electron chi connectivity index (χ4n) is 2.74. The SMILES string of the molecule is Cn1ncc2cccc(NC(=O)/C=C/c3ccc4cn[nH]c4c3)c21. The summed E-state index contributed by atoms with van der Waals surface area (Å²) in [6, 6.07) is 11.6. The van der Waals surface area contributed by atoms with Gasteiger partial charge in [0.25, 0.3) is 0 Å². The number of anilines is 1. The average molecular weight is 317 g/mol. The van der Waals surface area contributed by atoms with E-state index in [0.29, 0.717) is 0 Å². The van der Waals surface area contributed by atoms with Crippen LogP contribution in [-0.2, 0) is 11.8 Å². The summed E-state index contributed by atoms with van der Waals surface area (Å²) in [4.78, 5) is 12.2. The van der Waals surface area contributed by atoms with Crippen molar-refractivity contribution >= 4 is 39.5 Å². The Morgan fingerprint density at radius 3 is 3.04 bits per heavy atom. The van der Waals surface area contributed by atoms with Crippen molar-refractivity contribution in [3.05, 3.63) is 60.4 Å². The highest BCUT2D eigenvalue weighted by molar-refractivity contribution is 6.06. The Hall–Kier alpha value is -3.41. The Kier molecular flexibility index (Phi) is 3.35. The van der Waals surface area contributed by atoms with E-state index in [1.54, 1.807) is 23.2 Å². The molecule has 4 rings (SSSR count). The van der Waals surface area contributed by atoms with Gasteiger partial charge in [-0.1, -0.05) is 24.3 Å². The van der Waals surface area contributed by atoms with Crippen LogP contribution >= 0.6 is 0 Å². The van der Waals surface area contributed by atoms with E-state index in [2.05, 4.69) is 20.6 Å². The van der Waals surface area contributed by atoms with Gasteiger partial charge in [-0.3, -0.25) is 14.6 Å². The molecule has 118 valence electrons. The van der Waals surface area contributed by atoms with Crippen LogP contribution in [0.3, 0.4) is 0 Å². The normalized spacial score (nSPS) is 11.5. The first kappa shape index (κ1) is 14.2. The van der Waals surface area contributed by atoms with Gasteiger partial charge in [0, 0.05) is 23.9 Å². The number of aromatic amines is 1. The van der Waals surface area contributed by atoms with E-state index < -0.39 is 0 Å². The van der Waals surface area contributed by atoms with Crippen molar-refractivity contribution in [2.24, 2.45) is 7.05 Å². The van der Waals surface area contributed by atoms with Gasteiger partial charge in [0.15, 0.2) is 0 Å². The number of hydrogen-bond acceptors (Lipinski definition) is 3. The van der Waals surface area contributed by atoms with E-state index in [9.17, 15) is 4.79 Å². The van der Waals surface area contributed by atoms with Crippen molar-refractivity contribution in [3.8, 4) is 0 Å². The Morgan fingerprint density at radius 2 is 2.12 bits per heavy atom. The minimum Gasteiger partial charge on any atom is -0.321 e. The summed E-state index contributed by atoms with van der Waals surface area (Å²) in [5, 5.41) is 16.1. The maximum Gasteiger partial charge on any atom is 0.248 e. The van der Waals surface area contributed by atoms with E-state index in [1.807, 2.05) is 43.4 Å². The minimum absolute atomic E-state index is 0.187. The first-order valence-electron chi connectivity index (χ1n) is 7.54. The molecule has 6 heteroatoms. The van der Waals surface area contributed by atoms with Crippen molar-refractivity contribution in [1.82, 2.24) is 20.0 Å². The Balaban J connectivity index is 1.56. The zero-order valence-electron chi connectivity index (χ0n) is 13.0. The quantitative estimate of drug-likeness (QED) is 0.570. The van der Waals surface area contributed by atoms with Crippen LogP contribution in [-0.4, -0.2) is 25.9 Å².